The number of hydrogen-bond acceptors (Lipinski definition) is 4. The largest absolute Gasteiger partial charge is 0.387 e. The fraction of sp³-hybridized carbons (Fsp3) is 0.316. The lowest BCUT2D eigenvalue weighted by Crippen LogP contribution is -2.36. The second kappa shape index (κ2) is 8.47. The average molecular weight is 405 g/mol. The molecular weight excluding hydrogens is 384 g/mol. The Balaban J connectivity index is 1.54. The third-order valence-electron chi connectivity index (χ3n) is 4.22. The summed E-state index contributed by atoms with van der Waals surface area (Å²) in [5.74, 6) is -0.198. The molecule has 2 N–H and O–H groups in total. The molecule has 0 spiro atoms. The van der Waals surface area contributed by atoms with Gasteiger partial charge in [-0.25, -0.2) is 0 Å². The van der Waals surface area contributed by atoms with Gasteiger partial charge in [0, 0.05) is 35.4 Å². The van der Waals surface area contributed by atoms with Crippen molar-refractivity contribution in [2.24, 2.45) is 0 Å². The van der Waals surface area contributed by atoms with Crippen LogP contribution in [0.1, 0.15) is 22.0 Å². The van der Waals surface area contributed by atoms with Gasteiger partial charge in [0.1, 0.15) is 0 Å². The number of carbonyl (C=O) groups is 1. The molecule has 1 aliphatic rings. The molecule has 1 fully saturated rings. The monoisotopic (exact) mass is 404 g/mol. The Labute approximate surface area is 155 Å². The van der Waals surface area contributed by atoms with Crippen LogP contribution in [-0.4, -0.2) is 43.9 Å². The maximum atomic E-state index is 12.1. The summed E-state index contributed by atoms with van der Waals surface area (Å²) in [7, 11) is 0. The highest BCUT2D eigenvalue weighted by Gasteiger charge is 2.14. The molecule has 1 saturated heterocycles. The zero-order valence-electron chi connectivity index (χ0n) is 13.8. The van der Waals surface area contributed by atoms with E-state index in [4.69, 9.17) is 4.74 Å². The van der Waals surface area contributed by atoms with Gasteiger partial charge in [-0.15, -0.1) is 0 Å². The molecule has 3 rings (SSSR count). The standard InChI is InChI=1S/C19H21BrN2O3/c20-16-5-1-15(2-6-16)19(24)21-13-18(23)14-3-7-17(8-4-14)22-9-11-25-12-10-22/h1-8,18,23H,9-13H2,(H,21,24). The molecule has 1 aliphatic heterocycles. The number of aliphatic hydroxyl groups excluding tert-OH is 1. The van der Waals surface area contributed by atoms with Crippen molar-refractivity contribution >= 4 is 27.5 Å². The third kappa shape index (κ3) is 4.81. The number of rotatable bonds is 5. The first kappa shape index (κ1) is 17.9. The van der Waals surface area contributed by atoms with E-state index in [2.05, 4.69) is 26.1 Å². The quantitative estimate of drug-likeness (QED) is 0.803. The number of carbonyl (C=O) groups excluding carboxylic acids is 1. The van der Waals surface area contributed by atoms with Crippen LogP contribution in [0.2, 0.25) is 0 Å². The van der Waals surface area contributed by atoms with Crippen LogP contribution < -0.4 is 10.2 Å². The molecule has 25 heavy (non-hydrogen) atoms. The van der Waals surface area contributed by atoms with E-state index in [1.807, 2.05) is 36.4 Å². The van der Waals surface area contributed by atoms with E-state index >= 15 is 0 Å². The van der Waals surface area contributed by atoms with E-state index in [9.17, 15) is 9.90 Å². The zero-order valence-corrected chi connectivity index (χ0v) is 15.4. The second-order valence-corrected chi connectivity index (χ2v) is 6.84. The molecule has 132 valence electrons. The van der Waals surface area contributed by atoms with Crippen molar-refractivity contribution in [2.75, 3.05) is 37.7 Å². The van der Waals surface area contributed by atoms with Crippen LogP contribution in [0.15, 0.2) is 53.0 Å². The Bertz CT molecular complexity index is 698. The Morgan fingerprint density at radius 1 is 1.12 bits per heavy atom. The maximum absolute atomic E-state index is 12.1. The predicted molar refractivity (Wildman–Crippen MR) is 101 cm³/mol. The molecule has 1 heterocycles. The van der Waals surface area contributed by atoms with Gasteiger partial charge < -0.3 is 20.1 Å². The number of amides is 1. The highest BCUT2D eigenvalue weighted by Crippen LogP contribution is 2.20. The molecule has 2 aromatic carbocycles. The van der Waals surface area contributed by atoms with Crippen LogP contribution in [-0.2, 0) is 4.74 Å². The van der Waals surface area contributed by atoms with Gasteiger partial charge in [-0.2, -0.15) is 0 Å². The summed E-state index contributed by atoms with van der Waals surface area (Å²) in [6, 6.07) is 14.9. The van der Waals surface area contributed by atoms with Crippen molar-refractivity contribution in [1.29, 1.82) is 0 Å². The fourth-order valence-corrected chi connectivity index (χ4v) is 3.00. The Morgan fingerprint density at radius 2 is 1.76 bits per heavy atom. The van der Waals surface area contributed by atoms with E-state index in [1.54, 1.807) is 12.1 Å². The van der Waals surface area contributed by atoms with Gasteiger partial charge in [0.15, 0.2) is 0 Å². The molecule has 0 aromatic heterocycles. The van der Waals surface area contributed by atoms with E-state index in [0.29, 0.717) is 5.56 Å². The summed E-state index contributed by atoms with van der Waals surface area (Å²) in [4.78, 5) is 14.4. The number of nitrogens with zero attached hydrogens (tertiary/aromatic N) is 1. The van der Waals surface area contributed by atoms with Gasteiger partial charge in [0.05, 0.1) is 19.3 Å². The first-order valence-corrected chi connectivity index (χ1v) is 9.07. The van der Waals surface area contributed by atoms with Gasteiger partial charge in [-0.05, 0) is 42.0 Å². The highest BCUT2D eigenvalue weighted by atomic mass is 79.9. The summed E-state index contributed by atoms with van der Waals surface area (Å²) in [6.07, 6.45) is -0.738. The molecule has 0 radical (unpaired) electrons. The fourth-order valence-electron chi connectivity index (χ4n) is 2.74. The number of aliphatic hydroxyl groups is 1. The number of nitrogens with one attached hydrogen (secondary N) is 1. The van der Waals surface area contributed by atoms with Crippen molar-refractivity contribution in [3.05, 3.63) is 64.1 Å². The number of benzene rings is 2. The third-order valence-corrected chi connectivity index (χ3v) is 4.75. The van der Waals surface area contributed by atoms with E-state index in [0.717, 1.165) is 42.0 Å². The smallest absolute Gasteiger partial charge is 0.251 e. The van der Waals surface area contributed by atoms with Crippen molar-refractivity contribution in [3.63, 3.8) is 0 Å². The average Bonchev–Trinajstić information content (AvgIpc) is 2.67. The molecule has 0 bridgehead atoms. The molecular formula is C19H21BrN2O3. The normalized spacial score (nSPS) is 15.7. The van der Waals surface area contributed by atoms with Crippen molar-refractivity contribution in [2.45, 2.75) is 6.10 Å². The molecule has 1 amide bonds. The van der Waals surface area contributed by atoms with E-state index in [-0.39, 0.29) is 12.5 Å². The van der Waals surface area contributed by atoms with Crippen LogP contribution in [0.4, 0.5) is 5.69 Å². The topological polar surface area (TPSA) is 61.8 Å². The lowest BCUT2D eigenvalue weighted by atomic mass is 10.1. The first-order valence-electron chi connectivity index (χ1n) is 8.28. The summed E-state index contributed by atoms with van der Waals surface area (Å²) >= 11 is 3.34. The first-order chi connectivity index (χ1) is 12.1. The van der Waals surface area contributed by atoms with Gasteiger partial charge in [-0.3, -0.25) is 4.79 Å². The summed E-state index contributed by atoms with van der Waals surface area (Å²) < 4.78 is 6.28. The summed E-state index contributed by atoms with van der Waals surface area (Å²) in [5.41, 5.74) is 2.48. The lowest BCUT2D eigenvalue weighted by Gasteiger charge is -2.29. The number of anilines is 1. The highest BCUT2D eigenvalue weighted by molar-refractivity contribution is 9.10. The Morgan fingerprint density at radius 3 is 2.40 bits per heavy atom. The van der Waals surface area contributed by atoms with Gasteiger partial charge in [0.25, 0.3) is 5.91 Å². The SMILES string of the molecule is O=C(NCC(O)c1ccc(N2CCOCC2)cc1)c1ccc(Br)cc1. The molecule has 5 nitrogen and oxygen atoms in total. The van der Waals surface area contributed by atoms with E-state index < -0.39 is 6.10 Å². The minimum absolute atomic E-state index is 0.172. The van der Waals surface area contributed by atoms with Crippen LogP contribution in [0.25, 0.3) is 0 Å². The summed E-state index contributed by atoms with van der Waals surface area (Å²) in [6.45, 7) is 3.42. The molecule has 6 heteroatoms. The minimum atomic E-state index is -0.738. The van der Waals surface area contributed by atoms with Gasteiger partial charge in [0.2, 0.25) is 0 Å². The predicted octanol–water partition coefficient (Wildman–Crippen LogP) is 2.75. The molecule has 0 saturated carbocycles. The maximum Gasteiger partial charge on any atom is 0.251 e. The Hall–Kier alpha value is -1.89. The zero-order chi connectivity index (χ0) is 17.6. The van der Waals surface area contributed by atoms with Gasteiger partial charge >= 0.3 is 0 Å². The van der Waals surface area contributed by atoms with Crippen molar-refractivity contribution in [3.8, 4) is 0 Å². The minimum Gasteiger partial charge on any atom is -0.387 e. The van der Waals surface area contributed by atoms with Crippen LogP contribution in [0.5, 0.6) is 0 Å². The second-order valence-electron chi connectivity index (χ2n) is 5.92. The van der Waals surface area contributed by atoms with E-state index in [1.165, 1.54) is 0 Å². The van der Waals surface area contributed by atoms with Gasteiger partial charge in [-0.1, -0.05) is 28.1 Å². The number of hydrogen-bond donors (Lipinski definition) is 2. The number of morpholine rings is 1. The Kier molecular flexibility index (Phi) is 6.07. The molecule has 1 unspecified atom stereocenters. The molecule has 2 aromatic rings. The van der Waals surface area contributed by atoms with Crippen LogP contribution in [0.3, 0.4) is 0 Å². The summed E-state index contributed by atoms with van der Waals surface area (Å²) in [5, 5.41) is 13.1. The van der Waals surface area contributed by atoms with Crippen LogP contribution >= 0.6 is 15.9 Å². The molecule has 0 aliphatic carbocycles. The van der Waals surface area contributed by atoms with Crippen LogP contribution in [0, 0.1) is 0 Å². The number of halogens is 1. The van der Waals surface area contributed by atoms with Crippen molar-refractivity contribution in [1.82, 2.24) is 5.32 Å². The van der Waals surface area contributed by atoms with Crippen molar-refractivity contribution < 1.29 is 14.6 Å². The molecule has 1 atom stereocenters. The number of ether oxygens (including phenoxy) is 1. The lowest BCUT2D eigenvalue weighted by molar-refractivity contribution is 0.0916.